The number of rotatable bonds is 4. The molecule has 0 aliphatic heterocycles. The van der Waals surface area contributed by atoms with Crippen LogP contribution in [0, 0.1) is 0 Å². The molecule has 0 fully saturated rings. The van der Waals surface area contributed by atoms with Gasteiger partial charge in [0.25, 0.3) is 0 Å². The lowest BCUT2D eigenvalue weighted by atomic mass is 9.94. The third kappa shape index (κ3) is 2.74. The average Bonchev–Trinajstić information content (AvgIpc) is 2.42. The van der Waals surface area contributed by atoms with Gasteiger partial charge in [-0.25, -0.2) is 9.97 Å². The van der Waals surface area contributed by atoms with Crippen molar-refractivity contribution in [3.63, 3.8) is 0 Å². The molecule has 18 heavy (non-hydrogen) atoms. The number of hydrogen-bond donors (Lipinski definition) is 1. The Hall–Kier alpha value is -1.32. The summed E-state index contributed by atoms with van der Waals surface area (Å²) in [6.07, 6.45) is 3.00. The molecule has 0 radical (unpaired) electrons. The van der Waals surface area contributed by atoms with Crippen LogP contribution in [0.4, 0.5) is 5.82 Å². The molecule has 0 aliphatic rings. The molecule has 1 aromatic carbocycles. The molecule has 1 atom stereocenters. The van der Waals surface area contributed by atoms with Crippen LogP contribution in [0.2, 0.25) is 5.02 Å². The van der Waals surface area contributed by atoms with Crippen molar-refractivity contribution in [1.29, 1.82) is 0 Å². The first-order valence-corrected chi connectivity index (χ1v) is 6.42. The maximum atomic E-state index is 6.10. The predicted octanol–water partition coefficient (Wildman–Crippen LogP) is 3.70. The second kappa shape index (κ2) is 5.55. The monoisotopic (exact) mass is 281 g/mol. The van der Waals surface area contributed by atoms with Crippen LogP contribution in [-0.2, 0) is 5.54 Å². The maximum absolute atomic E-state index is 6.10. The molecule has 0 bridgehead atoms. The fourth-order valence-electron chi connectivity index (χ4n) is 1.65. The van der Waals surface area contributed by atoms with E-state index in [1.54, 1.807) is 6.20 Å². The molecule has 0 aliphatic carbocycles. The van der Waals surface area contributed by atoms with Crippen molar-refractivity contribution < 1.29 is 0 Å². The number of aromatic nitrogens is 2. The van der Waals surface area contributed by atoms with Crippen LogP contribution in [0.25, 0.3) is 0 Å². The molecule has 0 spiro atoms. The number of nitrogens with zero attached hydrogens (tertiary/aromatic N) is 2. The highest BCUT2D eigenvalue weighted by molar-refractivity contribution is 6.32. The van der Waals surface area contributed by atoms with Gasteiger partial charge in [0.2, 0.25) is 0 Å². The summed E-state index contributed by atoms with van der Waals surface area (Å²) in [5.74, 6) is 0.982. The second-order valence-electron chi connectivity index (χ2n) is 4.18. The summed E-state index contributed by atoms with van der Waals surface area (Å²) in [4.78, 5) is 7.98. The van der Waals surface area contributed by atoms with Gasteiger partial charge < -0.3 is 5.32 Å². The van der Waals surface area contributed by atoms with E-state index in [1.165, 1.54) is 6.33 Å². The Morgan fingerprint density at radius 2 is 2.00 bits per heavy atom. The highest BCUT2D eigenvalue weighted by Crippen LogP contribution is 2.29. The third-order valence-electron chi connectivity index (χ3n) is 2.74. The van der Waals surface area contributed by atoms with Gasteiger partial charge in [0.1, 0.15) is 17.2 Å². The van der Waals surface area contributed by atoms with Crippen molar-refractivity contribution in [2.75, 3.05) is 11.2 Å². The van der Waals surface area contributed by atoms with E-state index in [0.717, 1.165) is 5.56 Å². The minimum atomic E-state index is -0.430. The molecule has 94 valence electrons. The van der Waals surface area contributed by atoms with Gasteiger partial charge in [0, 0.05) is 5.88 Å². The molecule has 0 saturated carbocycles. The molecule has 1 N–H and O–H groups in total. The summed E-state index contributed by atoms with van der Waals surface area (Å²) >= 11 is 12.1. The lowest BCUT2D eigenvalue weighted by Crippen LogP contribution is -2.34. The summed E-state index contributed by atoms with van der Waals surface area (Å²) in [6.45, 7) is 2.01. The minimum absolute atomic E-state index is 0.400. The summed E-state index contributed by atoms with van der Waals surface area (Å²) in [6, 6.07) is 9.96. The molecule has 2 rings (SSSR count). The van der Waals surface area contributed by atoms with Crippen molar-refractivity contribution in [2.45, 2.75) is 12.5 Å². The summed E-state index contributed by atoms with van der Waals surface area (Å²) in [5.41, 5.74) is 0.649. The van der Waals surface area contributed by atoms with Gasteiger partial charge in [-0.3, -0.25) is 0 Å². The van der Waals surface area contributed by atoms with Crippen molar-refractivity contribution in [3.8, 4) is 0 Å². The number of benzene rings is 1. The number of alkyl halides is 1. The molecule has 5 heteroatoms. The fourth-order valence-corrected chi connectivity index (χ4v) is 2.03. The quantitative estimate of drug-likeness (QED) is 0.869. The van der Waals surface area contributed by atoms with E-state index in [2.05, 4.69) is 15.3 Å². The molecular weight excluding hydrogens is 269 g/mol. The van der Waals surface area contributed by atoms with Gasteiger partial charge in [-0.1, -0.05) is 41.9 Å². The summed E-state index contributed by atoms with van der Waals surface area (Å²) in [5, 5.41) is 3.75. The topological polar surface area (TPSA) is 37.8 Å². The Balaban J connectivity index is 2.32. The second-order valence-corrected chi connectivity index (χ2v) is 4.85. The Bertz CT molecular complexity index is 519. The lowest BCUT2D eigenvalue weighted by Gasteiger charge is -2.30. The molecule has 1 unspecified atom stereocenters. The lowest BCUT2D eigenvalue weighted by molar-refractivity contribution is 0.613. The van der Waals surface area contributed by atoms with Crippen LogP contribution in [-0.4, -0.2) is 15.8 Å². The van der Waals surface area contributed by atoms with Gasteiger partial charge in [-0.15, -0.1) is 11.6 Å². The molecule has 0 saturated heterocycles. The number of hydrogen-bond acceptors (Lipinski definition) is 3. The van der Waals surface area contributed by atoms with E-state index in [0.29, 0.717) is 16.7 Å². The van der Waals surface area contributed by atoms with Gasteiger partial charge >= 0.3 is 0 Å². The molecule has 3 nitrogen and oxygen atoms in total. The Morgan fingerprint density at radius 3 is 2.61 bits per heavy atom. The summed E-state index contributed by atoms with van der Waals surface area (Å²) < 4.78 is 0. The minimum Gasteiger partial charge on any atom is -0.358 e. The average molecular weight is 282 g/mol. The van der Waals surface area contributed by atoms with Crippen molar-refractivity contribution >= 4 is 29.0 Å². The number of nitrogens with one attached hydrogen (secondary N) is 1. The van der Waals surface area contributed by atoms with E-state index >= 15 is 0 Å². The van der Waals surface area contributed by atoms with Crippen molar-refractivity contribution in [3.05, 3.63) is 53.4 Å². The highest BCUT2D eigenvalue weighted by Gasteiger charge is 2.26. The van der Waals surface area contributed by atoms with Gasteiger partial charge in [-0.2, -0.15) is 0 Å². The van der Waals surface area contributed by atoms with E-state index in [9.17, 15) is 0 Å². The molecule has 2 aromatic rings. The van der Waals surface area contributed by atoms with E-state index < -0.39 is 5.54 Å². The smallest absolute Gasteiger partial charge is 0.148 e. The van der Waals surface area contributed by atoms with E-state index in [4.69, 9.17) is 23.2 Å². The van der Waals surface area contributed by atoms with E-state index in [1.807, 2.05) is 37.3 Å². The first-order valence-electron chi connectivity index (χ1n) is 5.51. The van der Waals surface area contributed by atoms with Crippen molar-refractivity contribution in [1.82, 2.24) is 9.97 Å². The number of halogens is 2. The standard InChI is InChI=1S/C13H13Cl2N3/c1-13(8-14,10-5-3-2-4-6-10)18-12-11(15)7-16-9-17-12/h2-7,9H,8H2,1H3,(H,16,17,18). The molecule has 1 aromatic heterocycles. The normalized spacial score (nSPS) is 13.9. The third-order valence-corrected chi connectivity index (χ3v) is 3.55. The molecule has 0 amide bonds. The zero-order valence-electron chi connectivity index (χ0n) is 9.90. The zero-order chi connectivity index (χ0) is 13.0. The fraction of sp³-hybridized carbons (Fsp3) is 0.231. The first-order chi connectivity index (χ1) is 8.65. The van der Waals surface area contributed by atoms with Gasteiger partial charge in [0.15, 0.2) is 0 Å². The highest BCUT2D eigenvalue weighted by atomic mass is 35.5. The summed E-state index contributed by atoms with van der Waals surface area (Å²) in [7, 11) is 0. The largest absolute Gasteiger partial charge is 0.358 e. The van der Waals surface area contributed by atoms with Crippen LogP contribution < -0.4 is 5.32 Å². The first kappa shape index (κ1) is 13.1. The van der Waals surface area contributed by atoms with Crippen LogP contribution in [0.15, 0.2) is 42.9 Å². The Morgan fingerprint density at radius 1 is 1.28 bits per heavy atom. The van der Waals surface area contributed by atoms with Crippen LogP contribution in [0.5, 0.6) is 0 Å². The Kier molecular flexibility index (Phi) is 4.04. The maximum Gasteiger partial charge on any atom is 0.148 e. The van der Waals surface area contributed by atoms with Crippen LogP contribution in [0.1, 0.15) is 12.5 Å². The molecule has 1 heterocycles. The van der Waals surface area contributed by atoms with Crippen LogP contribution >= 0.6 is 23.2 Å². The Labute approximate surface area is 116 Å². The predicted molar refractivity (Wildman–Crippen MR) is 75.2 cm³/mol. The van der Waals surface area contributed by atoms with Crippen molar-refractivity contribution in [2.24, 2.45) is 0 Å². The SMILES string of the molecule is CC(CCl)(Nc1ncncc1Cl)c1ccccc1. The van der Waals surface area contributed by atoms with Crippen LogP contribution in [0.3, 0.4) is 0 Å². The van der Waals surface area contributed by atoms with E-state index in [-0.39, 0.29) is 0 Å². The number of anilines is 1. The van der Waals surface area contributed by atoms with Gasteiger partial charge in [-0.05, 0) is 12.5 Å². The molecular formula is C13H13Cl2N3. The van der Waals surface area contributed by atoms with Gasteiger partial charge in [0.05, 0.1) is 11.7 Å². The zero-order valence-corrected chi connectivity index (χ0v) is 11.4.